The van der Waals surface area contributed by atoms with Crippen molar-refractivity contribution in [1.29, 1.82) is 0 Å². The first-order valence-electron chi connectivity index (χ1n) is 12.4. The smallest absolute Gasteiger partial charge is 0.449 e. The zero-order chi connectivity index (χ0) is 30.1. The van der Waals surface area contributed by atoms with E-state index in [1.165, 1.54) is 29.0 Å². The molecule has 2 unspecified atom stereocenters. The molecule has 3 aromatic rings. The number of hydrogen-bond donors (Lipinski definition) is 0. The molecule has 0 radical (unpaired) electrons. The van der Waals surface area contributed by atoms with Crippen molar-refractivity contribution in [2.24, 2.45) is 7.05 Å². The van der Waals surface area contributed by atoms with Gasteiger partial charge in [0.1, 0.15) is 11.8 Å². The fourth-order valence-electron chi connectivity index (χ4n) is 4.56. The third-order valence-electron chi connectivity index (χ3n) is 6.34. The van der Waals surface area contributed by atoms with Crippen LogP contribution in [0.25, 0.3) is 0 Å². The molecule has 0 saturated heterocycles. The van der Waals surface area contributed by atoms with E-state index in [0.717, 1.165) is 35.1 Å². The van der Waals surface area contributed by atoms with Gasteiger partial charge in [-0.25, -0.2) is 4.79 Å². The van der Waals surface area contributed by atoms with E-state index in [0.29, 0.717) is 6.42 Å². The number of aromatic nitrogens is 4. The van der Waals surface area contributed by atoms with Crippen molar-refractivity contribution in [2.75, 3.05) is 23.0 Å². The number of carbonyl (C=O) groups excluding carboxylic acids is 1. The number of carbonyl (C=O) groups is 1. The fourth-order valence-corrected chi connectivity index (χ4v) is 4.56. The molecular weight excluding hydrogens is 565 g/mol. The number of alkyl halides is 7. The second kappa shape index (κ2) is 11.4. The molecule has 0 bridgehead atoms. The highest BCUT2D eigenvalue weighted by Crippen LogP contribution is 2.45. The average molecular weight is 590 g/mol. The van der Waals surface area contributed by atoms with Crippen molar-refractivity contribution in [3.8, 4) is 5.75 Å². The number of hydrogen-bond acceptors (Lipinski definition) is 7. The molecular formula is C25H25F7N6O3. The molecule has 0 saturated carbocycles. The Balaban J connectivity index is 1.92. The van der Waals surface area contributed by atoms with Crippen LogP contribution in [0.1, 0.15) is 43.3 Å². The van der Waals surface area contributed by atoms with Crippen molar-refractivity contribution in [2.45, 2.75) is 51.1 Å². The second-order valence-corrected chi connectivity index (χ2v) is 9.06. The monoisotopic (exact) mass is 590 g/mol. The van der Waals surface area contributed by atoms with E-state index in [-0.39, 0.29) is 35.9 Å². The summed E-state index contributed by atoms with van der Waals surface area (Å²) in [5.74, 6) is -0.656. The molecule has 9 nitrogen and oxygen atoms in total. The SMILES string of the molecule is CCOC(=O)N1c2ccc(C(F)(F)F)cc2N(C(c2cccc(OC(F)(F)C(F)F)c2)c2nnn(C)n2)CC1CC. The van der Waals surface area contributed by atoms with E-state index in [1.807, 2.05) is 0 Å². The Morgan fingerprint density at radius 1 is 1.07 bits per heavy atom. The van der Waals surface area contributed by atoms with E-state index in [4.69, 9.17) is 4.74 Å². The van der Waals surface area contributed by atoms with Crippen molar-refractivity contribution >= 4 is 17.5 Å². The van der Waals surface area contributed by atoms with Crippen LogP contribution in [0.2, 0.25) is 0 Å². The van der Waals surface area contributed by atoms with Crippen LogP contribution >= 0.6 is 0 Å². The summed E-state index contributed by atoms with van der Waals surface area (Å²) in [6.45, 7) is 3.31. The van der Waals surface area contributed by atoms with Gasteiger partial charge in [-0.1, -0.05) is 19.1 Å². The lowest BCUT2D eigenvalue weighted by Crippen LogP contribution is -2.52. The topological polar surface area (TPSA) is 85.6 Å². The van der Waals surface area contributed by atoms with Gasteiger partial charge in [0.25, 0.3) is 0 Å². The molecule has 222 valence electrons. The number of amides is 1. The highest BCUT2D eigenvalue weighted by molar-refractivity contribution is 5.95. The number of benzene rings is 2. The molecule has 1 amide bonds. The molecule has 16 heteroatoms. The highest BCUT2D eigenvalue weighted by atomic mass is 19.4. The number of halogens is 7. The third-order valence-corrected chi connectivity index (χ3v) is 6.34. The predicted molar refractivity (Wildman–Crippen MR) is 131 cm³/mol. The zero-order valence-corrected chi connectivity index (χ0v) is 21.9. The van der Waals surface area contributed by atoms with Crippen molar-refractivity contribution in [3.05, 3.63) is 59.4 Å². The number of rotatable bonds is 8. The minimum atomic E-state index is -4.80. The standard InChI is InChI=1S/C25H25F7N6O3/c1-4-16-13-37(19-12-15(24(28,29)30)9-10-18(19)38(16)23(39)40-5-2)20(21-33-35-36(3)34-21)14-7-6-8-17(11-14)41-25(31,32)22(26)27/h6-12,16,20,22H,4-5,13H2,1-3H3. The quantitative estimate of drug-likeness (QED) is 0.306. The van der Waals surface area contributed by atoms with Gasteiger partial charge in [0.15, 0.2) is 0 Å². The van der Waals surface area contributed by atoms with Crippen LogP contribution in [-0.2, 0) is 18.0 Å². The van der Waals surface area contributed by atoms with E-state index in [2.05, 4.69) is 20.1 Å². The highest BCUT2D eigenvalue weighted by Gasteiger charge is 2.45. The van der Waals surface area contributed by atoms with Crippen LogP contribution < -0.4 is 14.5 Å². The number of nitrogens with zero attached hydrogens (tertiary/aromatic N) is 6. The Labute approximate surface area is 229 Å². The molecule has 0 N–H and O–H groups in total. The Kier molecular flexibility index (Phi) is 8.31. The van der Waals surface area contributed by atoms with Crippen LogP contribution in [0.3, 0.4) is 0 Å². The molecule has 1 aromatic heterocycles. The summed E-state index contributed by atoms with van der Waals surface area (Å²) in [4.78, 5) is 16.8. The minimum absolute atomic E-state index is 0.0215. The maximum atomic E-state index is 13.8. The number of fused-ring (bicyclic) bond motifs is 1. The summed E-state index contributed by atoms with van der Waals surface area (Å²) in [5.41, 5.74) is -0.845. The molecule has 1 aliphatic heterocycles. The number of anilines is 2. The van der Waals surface area contributed by atoms with E-state index < -0.39 is 48.2 Å². The number of tetrazole rings is 1. The van der Waals surface area contributed by atoms with Crippen LogP contribution in [-0.4, -0.2) is 58.0 Å². The Morgan fingerprint density at radius 2 is 1.80 bits per heavy atom. The van der Waals surface area contributed by atoms with Crippen molar-refractivity contribution in [1.82, 2.24) is 20.2 Å². The van der Waals surface area contributed by atoms with Gasteiger partial charge in [-0.3, -0.25) is 4.90 Å². The fraction of sp³-hybridized carbons (Fsp3) is 0.440. The summed E-state index contributed by atoms with van der Waals surface area (Å²) in [6.07, 6.45) is -14.1. The van der Waals surface area contributed by atoms with Gasteiger partial charge >= 0.3 is 24.8 Å². The normalized spacial score (nSPS) is 16.5. The Morgan fingerprint density at radius 3 is 2.39 bits per heavy atom. The summed E-state index contributed by atoms with van der Waals surface area (Å²) in [6, 6.07) is 5.82. The van der Waals surface area contributed by atoms with E-state index >= 15 is 0 Å². The third kappa shape index (κ3) is 6.15. The van der Waals surface area contributed by atoms with Crippen LogP contribution in [0.5, 0.6) is 5.75 Å². The molecule has 2 heterocycles. The van der Waals surface area contributed by atoms with Crippen LogP contribution in [0.15, 0.2) is 42.5 Å². The zero-order valence-electron chi connectivity index (χ0n) is 21.9. The second-order valence-electron chi connectivity index (χ2n) is 9.06. The van der Waals surface area contributed by atoms with Gasteiger partial charge in [0, 0.05) is 6.54 Å². The lowest BCUT2D eigenvalue weighted by Gasteiger charge is -2.45. The summed E-state index contributed by atoms with van der Waals surface area (Å²) in [5, 5.41) is 12.0. The lowest BCUT2D eigenvalue weighted by molar-refractivity contribution is -0.253. The van der Waals surface area contributed by atoms with Gasteiger partial charge in [0.05, 0.1) is 36.6 Å². The maximum absolute atomic E-state index is 13.8. The first-order chi connectivity index (χ1) is 19.3. The van der Waals surface area contributed by atoms with Gasteiger partial charge in [-0.15, -0.1) is 10.2 Å². The predicted octanol–water partition coefficient (Wildman–Crippen LogP) is 5.82. The molecule has 2 atom stereocenters. The average Bonchev–Trinajstić information content (AvgIpc) is 3.33. The van der Waals surface area contributed by atoms with Crippen molar-refractivity contribution in [3.63, 3.8) is 0 Å². The van der Waals surface area contributed by atoms with Crippen LogP contribution in [0, 0.1) is 0 Å². The maximum Gasteiger partial charge on any atom is 0.461 e. The number of ether oxygens (including phenoxy) is 2. The van der Waals surface area contributed by atoms with Gasteiger partial charge in [-0.2, -0.15) is 35.5 Å². The first kappa shape index (κ1) is 29.9. The van der Waals surface area contributed by atoms with Crippen LogP contribution in [0.4, 0.5) is 46.9 Å². The molecule has 4 rings (SSSR count). The number of aryl methyl sites for hydroxylation is 1. The lowest BCUT2D eigenvalue weighted by atomic mass is 9.97. The summed E-state index contributed by atoms with van der Waals surface area (Å²) in [7, 11) is 1.44. The summed E-state index contributed by atoms with van der Waals surface area (Å²) < 4.78 is 104. The molecule has 0 spiro atoms. The molecule has 1 aliphatic rings. The summed E-state index contributed by atoms with van der Waals surface area (Å²) >= 11 is 0. The van der Waals surface area contributed by atoms with Gasteiger partial charge in [-0.05, 0) is 54.5 Å². The van der Waals surface area contributed by atoms with Gasteiger partial charge in [0.2, 0.25) is 5.82 Å². The largest absolute Gasteiger partial charge is 0.461 e. The van der Waals surface area contributed by atoms with Gasteiger partial charge < -0.3 is 14.4 Å². The van der Waals surface area contributed by atoms with Crippen molar-refractivity contribution < 1.29 is 45.0 Å². The Bertz CT molecular complexity index is 1380. The Hall–Kier alpha value is -4.11. The molecule has 41 heavy (non-hydrogen) atoms. The minimum Gasteiger partial charge on any atom is -0.449 e. The molecule has 0 aliphatic carbocycles. The van der Waals surface area contributed by atoms with E-state index in [1.54, 1.807) is 13.8 Å². The first-order valence-corrected chi connectivity index (χ1v) is 12.4. The molecule has 2 aromatic carbocycles. The van der Waals surface area contributed by atoms with E-state index in [9.17, 15) is 35.5 Å². The molecule has 0 fully saturated rings.